The van der Waals surface area contributed by atoms with E-state index in [0.717, 1.165) is 49.7 Å². The minimum Gasteiger partial charge on any atom is -0.376 e. The van der Waals surface area contributed by atoms with E-state index in [1.54, 1.807) is 37.7 Å². The van der Waals surface area contributed by atoms with Gasteiger partial charge in [0.25, 0.3) is 0 Å². The zero-order chi connectivity index (χ0) is 56.2. The molecular weight excluding hydrogens is 997 g/mol. The van der Waals surface area contributed by atoms with Crippen molar-refractivity contribution in [3.8, 4) is 0 Å². The number of fused-ring (bicyclic) bond motifs is 2. The van der Waals surface area contributed by atoms with Gasteiger partial charge in [-0.05, 0) is 101 Å². The first-order valence-electron chi connectivity index (χ1n) is 28.5. The van der Waals surface area contributed by atoms with Gasteiger partial charge >= 0.3 is 0 Å². The summed E-state index contributed by atoms with van der Waals surface area (Å²) in [4.78, 5) is 117. The van der Waals surface area contributed by atoms with Gasteiger partial charge in [0.2, 0.25) is 47.3 Å². The van der Waals surface area contributed by atoms with E-state index in [1.807, 2.05) is 64.1 Å². The summed E-state index contributed by atoms with van der Waals surface area (Å²) in [5.41, 5.74) is 4.54. The van der Waals surface area contributed by atoms with Crippen LogP contribution in [0.5, 0.6) is 0 Å². The van der Waals surface area contributed by atoms with Crippen LogP contribution in [0.2, 0.25) is 0 Å². The number of nitrogens with one attached hydrogen (secondary N) is 6. The van der Waals surface area contributed by atoms with E-state index < -0.39 is 48.5 Å². The molecule has 3 fully saturated rings. The van der Waals surface area contributed by atoms with Crippen LogP contribution >= 0.6 is 0 Å². The Morgan fingerprint density at radius 2 is 0.923 bits per heavy atom. The quantitative estimate of drug-likeness (QED) is 0.0997. The van der Waals surface area contributed by atoms with Crippen molar-refractivity contribution < 1.29 is 47.8 Å². The Bertz CT molecular complexity index is 2280. The smallest absolute Gasteiger partial charge is 0.246 e. The number of nitrogens with zero attached hydrogens (tertiary/aromatic N) is 4. The lowest BCUT2D eigenvalue weighted by molar-refractivity contribution is -0.143. The lowest BCUT2D eigenvalue weighted by Gasteiger charge is -2.35. The van der Waals surface area contributed by atoms with Gasteiger partial charge in [0.15, 0.2) is 0 Å². The number of carbonyl (C=O) groups is 8. The third-order valence-electron chi connectivity index (χ3n) is 16.5. The molecule has 0 spiro atoms. The van der Waals surface area contributed by atoms with Crippen LogP contribution in [0.1, 0.15) is 127 Å². The average Bonchev–Trinajstić information content (AvgIpc) is 4.15. The van der Waals surface area contributed by atoms with Crippen molar-refractivity contribution in [1.29, 1.82) is 0 Å². The van der Waals surface area contributed by atoms with Crippen LogP contribution in [0.25, 0.3) is 0 Å². The summed E-state index contributed by atoms with van der Waals surface area (Å²) in [6.45, 7) is 12.6. The van der Waals surface area contributed by atoms with Gasteiger partial charge in [-0.1, -0.05) is 76.2 Å². The number of rotatable bonds is 22. The number of benzene rings is 2. The standard InChI is InChI=1S/C58H86N10O10/c1-35(2)51(63-53(71)37(5)59-7)57(75)67-33-41(31-47(67)55(73)61-45-21-13-17-39-15-9-11-19-43(39)45)77-29-23-49(69)65-25-27-66(28-26-65)50(70)24-30-78-42-32-48(56(74)62-46-22-14-18-40-16-10-12-20-44(40)46)68(34-42)58(76)52(36(3)4)64-54(72)38(6)60-8/h9-12,15-16,19-20,35-38,41-42,45-48,51-52,59-60H,13-14,17-18,21-34H2,1-8H3,(H,61,73)(H,62,74)(H,63,71)(H,64,72)/t37-,38-,41-,42-,45+,46+,47-,48-,51?,52?/m0/s1. The zero-order valence-electron chi connectivity index (χ0n) is 47.1. The predicted octanol–water partition coefficient (Wildman–Crippen LogP) is 2.29. The molecule has 428 valence electrons. The van der Waals surface area contributed by atoms with Crippen LogP contribution in [0, 0.1) is 11.8 Å². The number of carbonyl (C=O) groups excluding carboxylic acids is 8. The molecule has 3 aliphatic heterocycles. The summed E-state index contributed by atoms with van der Waals surface area (Å²) in [6.07, 6.45) is 4.82. The Hall–Kier alpha value is -5.96. The highest BCUT2D eigenvalue weighted by Gasteiger charge is 2.46. The molecule has 78 heavy (non-hydrogen) atoms. The van der Waals surface area contributed by atoms with Crippen molar-refractivity contribution in [2.75, 3.05) is 66.6 Å². The Morgan fingerprint density at radius 1 is 0.551 bits per heavy atom. The minimum atomic E-state index is -0.872. The highest BCUT2D eigenvalue weighted by molar-refractivity contribution is 5.95. The molecule has 2 aromatic carbocycles. The molecule has 8 amide bonds. The van der Waals surface area contributed by atoms with Crippen molar-refractivity contribution in [3.63, 3.8) is 0 Å². The lowest BCUT2D eigenvalue weighted by atomic mass is 9.87. The third kappa shape index (κ3) is 14.8. The van der Waals surface area contributed by atoms with Gasteiger partial charge in [0.05, 0.1) is 62.4 Å². The van der Waals surface area contributed by atoms with Gasteiger partial charge in [-0.15, -0.1) is 0 Å². The lowest BCUT2D eigenvalue weighted by Crippen LogP contribution is -2.57. The molecule has 3 saturated heterocycles. The SMILES string of the molecule is CN[C@@H](C)C(=O)NC(C(=O)N1C[C@@H](OCCC(=O)N2CCN(C(=O)CCO[C@H]3C[C@@H](C(=O)N[C@@H]4CCCc5ccccc54)N(C(=O)C(NC(=O)[C@H](C)NC)C(C)C)C3)CC2)C[C@H]1C(=O)N[C@@H]1CCCc2ccccc21)C(C)C. The molecular formula is C58H86N10O10. The van der Waals surface area contributed by atoms with Crippen molar-refractivity contribution in [1.82, 2.24) is 51.5 Å². The molecule has 10 atom stereocenters. The molecule has 0 aromatic heterocycles. The Kier molecular flexibility index (Phi) is 21.2. The second-order valence-electron chi connectivity index (χ2n) is 22.5. The summed E-state index contributed by atoms with van der Waals surface area (Å²) in [6, 6.07) is 11.3. The Balaban J connectivity index is 0.898. The molecule has 0 bridgehead atoms. The summed E-state index contributed by atoms with van der Waals surface area (Å²) in [5.74, 6) is -2.74. The first kappa shape index (κ1) is 59.7. The third-order valence-corrected chi connectivity index (χ3v) is 16.5. The van der Waals surface area contributed by atoms with Crippen LogP contribution in [0.15, 0.2) is 48.5 Å². The molecule has 20 heteroatoms. The van der Waals surface area contributed by atoms with Gasteiger partial charge < -0.3 is 61.0 Å². The van der Waals surface area contributed by atoms with Crippen LogP contribution in [-0.4, -0.2) is 182 Å². The van der Waals surface area contributed by atoms with Crippen molar-refractivity contribution in [2.45, 2.75) is 166 Å². The van der Waals surface area contributed by atoms with Crippen molar-refractivity contribution >= 4 is 47.3 Å². The molecule has 6 N–H and O–H groups in total. The van der Waals surface area contributed by atoms with E-state index in [4.69, 9.17) is 9.47 Å². The van der Waals surface area contributed by atoms with E-state index in [9.17, 15) is 38.4 Å². The fourth-order valence-corrected chi connectivity index (χ4v) is 11.5. The Labute approximate surface area is 460 Å². The topological polar surface area (TPSA) is 240 Å². The molecule has 2 unspecified atom stereocenters. The summed E-state index contributed by atoms with van der Waals surface area (Å²) >= 11 is 0. The van der Waals surface area contributed by atoms with Gasteiger partial charge in [0.1, 0.15) is 24.2 Å². The number of aryl methyl sites for hydroxylation is 2. The fourth-order valence-electron chi connectivity index (χ4n) is 11.5. The number of hydrogen-bond acceptors (Lipinski definition) is 12. The van der Waals surface area contributed by atoms with Crippen LogP contribution in [0.4, 0.5) is 0 Å². The van der Waals surface area contributed by atoms with Gasteiger partial charge in [0, 0.05) is 52.1 Å². The Morgan fingerprint density at radius 3 is 1.28 bits per heavy atom. The maximum atomic E-state index is 14.3. The average molecular weight is 1080 g/mol. The van der Waals surface area contributed by atoms with Gasteiger partial charge in [-0.3, -0.25) is 38.4 Å². The molecule has 0 radical (unpaired) electrons. The maximum Gasteiger partial charge on any atom is 0.246 e. The monoisotopic (exact) mass is 1080 g/mol. The first-order chi connectivity index (χ1) is 37.4. The largest absolute Gasteiger partial charge is 0.376 e. The zero-order valence-corrected chi connectivity index (χ0v) is 47.1. The van der Waals surface area contributed by atoms with Crippen LogP contribution in [0.3, 0.4) is 0 Å². The van der Waals surface area contributed by atoms with Gasteiger partial charge in [-0.2, -0.15) is 0 Å². The van der Waals surface area contributed by atoms with Crippen molar-refractivity contribution in [3.05, 3.63) is 70.8 Å². The summed E-state index contributed by atoms with van der Waals surface area (Å²) in [5, 5.41) is 18.1. The van der Waals surface area contributed by atoms with Crippen LogP contribution in [-0.2, 0) is 60.7 Å². The summed E-state index contributed by atoms with van der Waals surface area (Å²) < 4.78 is 12.5. The maximum absolute atomic E-state index is 14.3. The van der Waals surface area contributed by atoms with Crippen molar-refractivity contribution in [2.24, 2.45) is 11.8 Å². The molecule has 5 aliphatic rings. The predicted molar refractivity (Wildman–Crippen MR) is 293 cm³/mol. The fraction of sp³-hybridized carbons (Fsp3) is 0.655. The highest BCUT2D eigenvalue weighted by Crippen LogP contribution is 2.33. The number of amides is 8. The van der Waals surface area contributed by atoms with E-state index in [2.05, 4.69) is 44.0 Å². The number of likely N-dealkylation sites (N-methyl/N-ethyl adjacent to an activating group) is 2. The number of hydrogen-bond donors (Lipinski definition) is 6. The van der Waals surface area contributed by atoms with Gasteiger partial charge in [-0.25, -0.2) is 0 Å². The highest BCUT2D eigenvalue weighted by atomic mass is 16.5. The molecule has 7 rings (SSSR count). The normalized spacial score (nSPS) is 23.7. The van der Waals surface area contributed by atoms with Crippen LogP contribution < -0.4 is 31.9 Å². The number of ether oxygens (including phenoxy) is 2. The van der Waals surface area contributed by atoms with E-state index >= 15 is 0 Å². The van der Waals surface area contributed by atoms with E-state index in [-0.39, 0.29) is 123 Å². The molecule has 20 nitrogen and oxygen atoms in total. The molecule has 2 aliphatic carbocycles. The second-order valence-corrected chi connectivity index (χ2v) is 22.5. The molecule has 2 aromatic rings. The number of likely N-dealkylation sites (tertiary alicyclic amines) is 2. The number of piperazine rings is 1. The van der Waals surface area contributed by atoms with E-state index in [1.165, 1.54) is 20.9 Å². The first-order valence-corrected chi connectivity index (χ1v) is 28.5. The molecule has 0 saturated carbocycles. The second kappa shape index (κ2) is 27.8. The summed E-state index contributed by atoms with van der Waals surface area (Å²) in [7, 11) is 3.34. The molecule has 3 heterocycles. The van der Waals surface area contributed by atoms with E-state index in [0.29, 0.717) is 26.2 Å². The minimum absolute atomic E-state index is 0.0694.